The van der Waals surface area contributed by atoms with Gasteiger partial charge >= 0.3 is 18.3 Å². The number of alkyl halides is 6. The summed E-state index contributed by atoms with van der Waals surface area (Å²) in [5.74, 6) is -10.9. The Balaban J connectivity index is 2.04. The second kappa shape index (κ2) is 15.6. The molecule has 3 amide bonds. The summed E-state index contributed by atoms with van der Waals surface area (Å²) in [7, 11) is 1.39. The smallest absolute Gasteiger partial charge is 0.389 e. The van der Waals surface area contributed by atoms with Gasteiger partial charge in [0.25, 0.3) is 5.91 Å². The van der Waals surface area contributed by atoms with E-state index in [9.17, 15) is 45.5 Å². The summed E-state index contributed by atoms with van der Waals surface area (Å²) in [6.45, 7) is 0.964. The lowest BCUT2D eigenvalue weighted by atomic mass is 9.77. The summed E-state index contributed by atoms with van der Waals surface area (Å²) < 4.78 is 82.9. The molecule has 0 spiro atoms. The first-order chi connectivity index (χ1) is 21.9. The van der Waals surface area contributed by atoms with Gasteiger partial charge in [-0.15, -0.1) is 0 Å². The summed E-state index contributed by atoms with van der Waals surface area (Å²) in [6, 6.07) is 13.7. The minimum absolute atomic E-state index is 0.252. The van der Waals surface area contributed by atoms with Crippen LogP contribution in [0.25, 0.3) is 0 Å². The van der Waals surface area contributed by atoms with E-state index in [2.05, 4.69) is 15.0 Å². The van der Waals surface area contributed by atoms with Crippen molar-refractivity contribution in [2.75, 3.05) is 17.7 Å². The average molecular weight is 690 g/mol. The average Bonchev–Trinajstić information content (AvgIpc) is 3.08. The normalized spacial score (nSPS) is 17.8. The van der Waals surface area contributed by atoms with Crippen LogP contribution in [0.15, 0.2) is 59.6 Å². The molecule has 256 valence electrons. The molecule has 5 N–H and O–H groups in total. The number of aliphatic carboxylic acids is 1. The van der Waals surface area contributed by atoms with E-state index in [4.69, 9.17) is 10.8 Å². The van der Waals surface area contributed by atoms with E-state index in [1.165, 1.54) is 11.9 Å². The monoisotopic (exact) mass is 689 g/mol. The second-order valence-electron chi connectivity index (χ2n) is 11.0. The Morgan fingerprint density at radius 3 is 2.21 bits per heavy atom. The number of hydrogen-bond acceptors (Lipinski definition) is 7. The maximum absolute atomic E-state index is 13.8. The number of likely N-dealkylation sites (N-methyl/N-ethyl adjacent to an activating group) is 1. The number of para-hydroxylation sites is 1. The molecule has 0 bridgehead atoms. The van der Waals surface area contributed by atoms with E-state index in [1.54, 1.807) is 54.6 Å². The highest BCUT2D eigenvalue weighted by molar-refractivity contribution is 7.98. The molecular formula is C30H33F6N5O5S. The van der Waals surface area contributed by atoms with Gasteiger partial charge in [-0.25, -0.2) is 4.99 Å². The van der Waals surface area contributed by atoms with Gasteiger partial charge in [0.1, 0.15) is 6.04 Å². The van der Waals surface area contributed by atoms with Crippen molar-refractivity contribution in [3.05, 3.63) is 65.7 Å². The van der Waals surface area contributed by atoms with Gasteiger partial charge in [-0.2, -0.15) is 26.3 Å². The fraction of sp³-hybridized carbons (Fsp3) is 0.433. The Morgan fingerprint density at radius 2 is 1.62 bits per heavy atom. The molecule has 1 aliphatic rings. The van der Waals surface area contributed by atoms with Crippen molar-refractivity contribution in [1.29, 1.82) is 0 Å². The molecule has 0 saturated heterocycles. The van der Waals surface area contributed by atoms with Crippen molar-refractivity contribution >= 4 is 47.0 Å². The van der Waals surface area contributed by atoms with E-state index >= 15 is 0 Å². The number of hydrogen-bond donors (Lipinski definition) is 4. The second-order valence-corrected chi connectivity index (χ2v) is 11.8. The molecule has 0 aliphatic carbocycles. The molecule has 5 atom stereocenters. The third-order valence-corrected chi connectivity index (χ3v) is 8.27. The largest absolute Gasteiger partial charge is 0.480 e. The van der Waals surface area contributed by atoms with Crippen molar-refractivity contribution in [2.45, 2.75) is 50.7 Å². The van der Waals surface area contributed by atoms with Gasteiger partial charge in [0, 0.05) is 36.8 Å². The van der Waals surface area contributed by atoms with Gasteiger partial charge in [0.2, 0.25) is 18.0 Å². The third kappa shape index (κ3) is 10.4. The van der Waals surface area contributed by atoms with Crippen LogP contribution in [0, 0.1) is 17.8 Å². The number of carboxylic acid groups (broad SMARTS) is 1. The van der Waals surface area contributed by atoms with E-state index in [-0.39, 0.29) is 5.71 Å². The number of halogens is 6. The summed E-state index contributed by atoms with van der Waals surface area (Å²) >= 11 is 0.421. The number of amides is 3. The Morgan fingerprint density at radius 1 is 1.00 bits per heavy atom. The molecule has 10 nitrogen and oxygen atoms in total. The van der Waals surface area contributed by atoms with E-state index < -0.39 is 91.0 Å². The molecule has 0 aromatic heterocycles. The number of fused-ring (bicyclic) bond motifs is 1. The molecule has 2 aromatic rings. The molecular weight excluding hydrogens is 656 g/mol. The number of aliphatic imine (C=N–C) groups is 1. The quantitative estimate of drug-likeness (QED) is 0.181. The predicted octanol–water partition coefficient (Wildman–Crippen LogP) is 4.28. The van der Waals surface area contributed by atoms with Crippen LogP contribution < -0.4 is 20.7 Å². The van der Waals surface area contributed by atoms with Gasteiger partial charge in [-0.05, 0) is 30.4 Å². The van der Waals surface area contributed by atoms with E-state index in [1.807, 2.05) is 0 Å². The molecule has 2 aromatic carbocycles. The lowest BCUT2D eigenvalue weighted by Crippen LogP contribution is -2.51. The van der Waals surface area contributed by atoms with Crippen LogP contribution in [-0.4, -0.2) is 71.9 Å². The number of benzodiazepines with no additional fused rings is 1. The number of nitrogens with two attached hydrogens (primary N) is 1. The molecule has 0 fully saturated rings. The number of carbonyl (C=O) groups excluding carboxylic acids is 3. The number of carboxylic acids is 1. The summed E-state index contributed by atoms with van der Waals surface area (Å²) in [5.41, 5.74) is 7.07. The standard InChI is InChI=1S/C30H33F6N5O5S/c1-16(14-30(34,35)36)22(26(43)40-47-15-20(37)28(45)46)19(12-13-29(31,32)33)25(42)39-24-27(44)41(2)21-11-7-6-10-18(21)23(38-24)17-8-4-3-5-9-17/h3-11,16,19-20,22,24H,12-15,37H2,1-2H3,(H,39,42)(H,40,43)(H,45,46)/t16?,19-,20+,22-,24-/m1/s1. The predicted molar refractivity (Wildman–Crippen MR) is 162 cm³/mol. The zero-order chi connectivity index (χ0) is 35.1. The number of nitrogens with one attached hydrogen (secondary N) is 2. The molecule has 1 aliphatic heterocycles. The lowest BCUT2D eigenvalue weighted by Gasteiger charge is -2.32. The highest BCUT2D eigenvalue weighted by Gasteiger charge is 2.45. The summed E-state index contributed by atoms with van der Waals surface area (Å²) in [4.78, 5) is 57.3. The number of benzene rings is 2. The van der Waals surface area contributed by atoms with Crippen LogP contribution >= 0.6 is 11.9 Å². The van der Waals surface area contributed by atoms with Crippen LogP contribution in [0.4, 0.5) is 32.0 Å². The minimum atomic E-state index is -4.86. The summed E-state index contributed by atoms with van der Waals surface area (Å²) in [6.07, 6.45) is -15.8. The van der Waals surface area contributed by atoms with Crippen LogP contribution in [0.2, 0.25) is 0 Å². The molecule has 1 unspecified atom stereocenters. The molecule has 17 heteroatoms. The zero-order valence-electron chi connectivity index (χ0n) is 25.1. The fourth-order valence-corrected chi connectivity index (χ4v) is 5.83. The van der Waals surface area contributed by atoms with Crippen molar-refractivity contribution in [3.63, 3.8) is 0 Å². The molecule has 0 radical (unpaired) electrons. The van der Waals surface area contributed by atoms with Gasteiger partial charge in [-0.3, -0.25) is 23.9 Å². The Bertz CT molecular complexity index is 1470. The first kappa shape index (κ1) is 37.3. The van der Waals surface area contributed by atoms with E-state index in [0.717, 1.165) is 6.92 Å². The van der Waals surface area contributed by atoms with Crippen molar-refractivity contribution < 1.29 is 50.6 Å². The maximum Gasteiger partial charge on any atom is 0.389 e. The highest BCUT2D eigenvalue weighted by Crippen LogP contribution is 2.37. The van der Waals surface area contributed by atoms with Crippen LogP contribution in [-0.2, 0) is 19.2 Å². The third-order valence-electron chi connectivity index (χ3n) is 7.40. The lowest BCUT2D eigenvalue weighted by molar-refractivity contribution is -0.159. The maximum atomic E-state index is 13.8. The number of carbonyl (C=O) groups is 4. The number of rotatable bonds is 13. The zero-order valence-corrected chi connectivity index (χ0v) is 26.0. The van der Waals surface area contributed by atoms with Gasteiger partial charge in [-0.1, -0.05) is 55.5 Å². The van der Waals surface area contributed by atoms with Crippen LogP contribution in [0.5, 0.6) is 0 Å². The molecule has 47 heavy (non-hydrogen) atoms. The van der Waals surface area contributed by atoms with Crippen LogP contribution in [0.3, 0.4) is 0 Å². The van der Waals surface area contributed by atoms with Gasteiger partial charge < -0.3 is 21.1 Å². The molecule has 1 heterocycles. The van der Waals surface area contributed by atoms with Crippen molar-refractivity contribution in [3.8, 4) is 0 Å². The first-order valence-electron chi connectivity index (χ1n) is 14.2. The number of nitrogens with zero attached hydrogens (tertiary/aromatic N) is 2. The Hall–Kier alpha value is -4.12. The summed E-state index contributed by atoms with van der Waals surface area (Å²) in [5, 5.41) is 11.3. The molecule has 0 saturated carbocycles. The van der Waals surface area contributed by atoms with Gasteiger partial charge in [0.15, 0.2) is 0 Å². The van der Waals surface area contributed by atoms with Gasteiger partial charge in [0.05, 0.1) is 23.2 Å². The SMILES string of the molecule is CC(CC(F)(F)F)[C@@H](C(=O)NSC[C@H](N)C(=O)O)[C@@H](CCC(F)(F)F)C(=O)N[C@H]1N=C(c2ccccc2)c2ccccc2N(C)C1=O. The topological polar surface area (TPSA) is 154 Å². The molecule has 3 rings (SSSR count). The van der Waals surface area contributed by atoms with E-state index in [0.29, 0.717) is 28.8 Å². The fourth-order valence-electron chi connectivity index (χ4n) is 5.15. The Kier molecular flexibility index (Phi) is 12.4. The highest BCUT2D eigenvalue weighted by atomic mass is 32.2. The van der Waals surface area contributed by atoms with Crippen molar-refractivity contribution in [1.82, 2.24) is 10.0 Å². The number of anilines is 1. The van der Waals surface area contributed by atoms with Crippen molar-refractivity contribution in [2.24, 2.45) is 28.5 Å². The minimum Gasteiger partial charge on any atom is -0.480 e. The Labute approximate surface area is 270 Å². The first-order valence-corrected chi connectivity index (χ1v) is 15.2. The van der Waals surface area contributed by atoms with Crippen LogP contribution in [0.1, 0.15) is 37.3 Å².